The number of phenolic OH excluding ortho intramolecular Hbond substituents is 1. The van der Waals surface area contributed by atoms with Crippen molar-refractivity contribution in [3.8, 4) is 5.75 Å². The third-order valence-electron chi connectivity index (χ3n) is 3.29. The number of hydrogen-bond donors (Lipinski definition) is 1. The van der Waals surface area contributed by atoms with Crippen LogP contribution in [0.3, 0.4) is 0 Å². The number of esters is 2. The Hall–Kier alpha value is -2.12. The van der Waals surface area contributed by atoms with Crippen molar-refractivity contribution in [2.45, 2.75) is 6.29 Å². The molecule has 0 amide bonds. The van der Waals surface area contributed by atoms with Crippen molar-refractivity contribution in [3.05, 3.63) is 68.1 Å². The zero-order chi connectivity index (χ0) is 17.3. The summed E-state index contributed by atoms with van der Waals surface area (Å²) >= 11 is 6.38. The molecule has 0 unspecified atom stereocenters. The molecule has 0 saturated carbocycles. The third kappa shape index (κ3) is 3.37. The van der Waals surface area contributed by atoms with Crippen molar-refractivity contribution in [2.75, 3.05) is 0 Å². The highest BCUT2D eigenvalue weighted by Crippen LogP contribution is 2.35. The van der Waals surface area contributed by atoms with E-state index in [4.69, 9.17) is 9.47 Å². The van der Waals surface area contributed by atoms with Gasteiger partial charge in [0, 0.05) is 5.56 Å². The molecule has 0 radical (unpaired) electrons. The molecular weight excluding hydrogens is 444 g/mol. The van der Waals surface area contributed by atoms with Gasteiger partial charge in [-0.1, -0.05) is 30.3 Å². The monoisotopic (exact) mass is 452 g/mol. The van der Waals surface area contributed by atoms with E-state index >= 15 is 0 Å². The first-order valence-electron chi connectivity index (χ1n) is 6.82. The molecule has 1 saturated heterocycles. The molecule has 0 bridgehead atoms. The highest BCUT2D eigenvalue weighted by molar-refractivity contribution is 9.11. The van der Waals surface area contributed by atoms with Crippen molar-refractivity contribution < 1.29 is 24.2 Å². The molecule has 1 heterocycles. The Morgan fingerprint density at radius 3 is 2.04 bits per heavy atom. The van der Waals surface area contributed by atoms with Gasteiger partial charge in [0.2, 0.25) is 0 Å². The Morgan fingerprint density at radius 1 is 0.958 bits per heavy atom. The second kappa shape index (κ2) is 6.78. The number of carbonyl (C=O) groups is 2. The standard InChI is InChI=1S/C17H10Br2O5/c18-12-7-9(8-13(19)14(12)20)6-11-15(21)23-17(24-16(11)22)10-4-2-1-3-5-10/h1-8,17,20H. The molecule has 0 spiro atoms. The number of hydrogen-bond acceptors (Lipinski definition) is 5. The molecule has 122 valence electrons. The van der Waals surface area contributed by atoms with Gasteiger partial charge in [-0.3, -0.25) is 0 Å². The quantitative estimate of drug-likeness (QED) is 0.421. The molecule has 2 aromatic rings. The highest BCUT2D eigenvalue weighted by atomic mass is 79.9. The predicted octanol–water partition coefficient (Wildman–Crippen LogP) is 4.10. The van der Waals surface area contributed by atoms with Gasteiger partial charge >= 0.3 is 11.9 Å². The van der Waals surface area contributed by atoms with Gasteiger partial charge < -0.3 is 14.6 Å². The van der Waals surface area contributed by atoms with Crippen LogP contribution in [-0.2, 0) is 19.1 Å². The van der Waals surface area contributed by atoms with Gasteiger partial charge in [0.1, 0.15) is 11.3 Å². The van der Waals surface area contributed by atoms with Gasteiger partial charge in [-0.2, -0.15) is 0 Å². The van der Waals surface area contributed by atoms with Gasteiger partial charge in [-0.25, -0.2) is 9.59 Å². The first-order chi connectivity index (χ1) is 11.5. The number of cyclic esters (lactones) is 2. The zero-order valence-corrected chi connectivity index (χ0v) is 15.2. The van der Waals surface area contributed by atoms with Crippen LogP contribution < -0.4 is 0 Å². The summed E-state index contributed by atoms with van der Waals surface area (Å²) in [6.07, 6.45) is 0.294. The average Bonchev–Trinajstić information content (AvgIpc) is 2.56. The van der Waals surface area contributed by atoms with E-state index in [1.807, 2.05) is 6.07 Å². The Balaban J connectivity index is 1.88. The molecule has 1 N–H and O–H groups in total. The van der Waals surface area contributed by atoms with E-state index in [0.29, 0.717) is 20.1 Å². The van der Waals surface area contributed by atoms with E-state index in [2.05, 4.69) is 31.9 Å². The Labute approximate surface area is 154 Å². The van der Waals surface area contributed by atoms with Crippen molar-refractivity contribution in [1.29, 1.82) is 0 Å². The summed E-state index contributed by atoms with van der Waals surface area (Å²) < 4.78 is 11.2. The van der Waals surface area contributed by atoms with E-state index in [1.165, 1.54) is 6.08 Å². The molecule has 1 aliphatic heterocycles. The Bertz CT molecular complexity index is 802. The topological polar surface area (TPSA) is 72.8 Å². The van der Waals surface area contributed by atoms with Crippen molar-refractivity contribution in [3.63, 3.8) is 0 Å². The summed E-state index contributed by atoms with van der Waals surface area (Å²) in [5, 5.41) is 9.70. The molecule has 1 aliphatic rings. The van der Waals surface area contributed by atoms with Crippen LogP contribution in [0.4, 0.5) is 0 Å². The maximum atomic E-state index is 12.2. The highest BCUT2D eigenvalue weighted by Gasteiger charge is 2.34. The van der Waals surface area contributed by atoms with Crippen LogP contribution in [0, 0.1) is 0 Å². The third-order valence-corrected chi connectivity index (χ3v) is 4.50. The van der Waals surface area contributed by atoms with E-state index in [0.717, 1.165) is 0 Å². The fourth-order valence-corrected chi connectivity index (χ4v) is 3.35. The number of phenols is 1. The van der Waals surface area contributed by atoms with Gasteiger partial charge in [-0.05, 0) is 55.6 Å². The van der Waals surface area contributed by atoms with Crippen LogP contribution >= 0.6 is 31.9 Å². The molecule has 0 aliphatic carbocycles. The molecule has 5 nitrogen and oxygen atoms in total. The normalized spacial score (nSPS) is 17.2. The van der Waals surface area contributed by atoms with Crippen molar-refractivity contribution >= 4 is 49.9 Å². The summed E-state index contributed by atoms with van der Waals surface area (Å²) in [5.41, 5.74) is 0.883. The molecule has 0 aromatic heterocycles. The minimum Gasteiger partial charge on any atom is -0.506 e. The summed E-state index contributed by atoms with van der Waals surface area (Å²) in [6, 6.07) is 11.9. The molecular formula is C17H10Br2O5. The van der Waals surface area contributed by atoms with Crippen LogP contribution in [0.1, 0.15) is 17.4 Å². The van der Waals surface area contributed by atoms with E-state index in [-0.39, 0.29) is 11.3 Å². The van der Waals surface area contributed by atoms with E-state index in [9.17, 15) is 14.7 Å². The summed E-state index contributed by atoms with van der Waals surface area (Å²) in [6.45, 7) is 0. The lowest BCUT2D eigenvalue weighted by atomic mass is 10.1. The zero-order valence-electron chi connectivity index (χ0n) is 12.0. The lowest BCUT2D eigenvalue weighted by molar-refractivity contribution is -0.195. The summed E-state index contributed by atoms with van der Waals surface area (Å²) in [4.78, 5) is 24.3. The van der Waals surface area contributed by atoms with E-state index < -0.39 is 18.2 Å². The first-order valence-corrected chi connectivity index (χ1v) is 8.41. The van der Waals surface area contributed by atoms with Gasteiger partial charge in [0.05, 0.1) is 8.95 Å². The van der Waals surface area contributed by atoms with Gasteiger partial charge in [0.25, 0.3) is 6.29 Å². The SMILES string of the molecule is O=C1OC(c2ccccc2)OC(=O)C1=Cc1cc(Br)c(O)c(Br)c1. The maximum Gasteiger partial charge on any atom is 0.348 e. The van der Waals surface area contributed by atoms with Crippen LogP contribution in [0.5, 0.6) is 5.75 Å². The number of aromatic hydroxyl groups is 1. The van der Waals surface area contributed by atoms with Crippen LogP contribution in [-0.4, -0.2) is 17.0 Å². The number of carbonyl (C=O) groups excluding carboxylic acids is 2. The lowest BCUT2D eigenvalue weighted by Crippen LogP contribution is -2.29. The van der Waals surface area contributed by atoms with Crippen LogP contribution in [0.25, 0.3) is 6.08 Å². The number of halogens is 2. The summed E-state index contributed by atoms with van der Waals surface area (Å²) in [7, 11) is 0. The van der Waals surface area contributed by atoms with E-state index in [1.54, 1.807) is 36.4 Å². The fourth-order valence-electron chi connectivity index (χ4n) is 2.13. The molecule has 3 rings (SSSR count). The van der Waals surface area contributed by atoms with Gasteiger partial charge in [0.15, 0.2) is 0 Å². The Kier molecular flexibility index (Phi) is 4.73. The second-order valence-corrected chi connectivity index (χ2v) is 6.65. The fraction of sp³-hybridized carbons (Fsp3) is 0.0588. The molecule has 7 heteroatoms. The number of benzene rings is 2. The smallest absolute Gasteiger partial charge is 0.348 e. The lowest BCUT2D eigenvalue weighted by Gasteiger charge is -2.24. The number of ether oxygens (including phenoxy) is 2. The predicted molar refractivity (Wildman–Crippen MR) is 92.9 cm³/mol. The number of rotatable bonds is 2. The Morgan fingerprint density at radius 2 is 1.50 bits per heavy atom. The molecule has 0 atom stereocenters. The molecule has 24 heavy (non-hydrogen) atoms. The molecule has 1 fully saturated rings. The first kappa shape index (κ1) is 16.7. The minimum atomic E-state index is -1.05. The second-order valence-electron chi connectivity index (χ2n) is 4.94. The van der Waals surface area contributed by atoms with Crippen molar-refractivity contribution in [1.82, 2.24) is 0 Å². The van der Waals surface area contributed by atoms with Crippen molar-refractivity contribution in [2.24, 2.45) is 0 Å². The average molecular weight is 454 g/mol. The van der Waals surface area contributed by atoms with Crippen LogP contribution in [0.2, 0.25) is 0 Å². The largest absolute Gasteiger partial charge is 0.506 e. The minimum absolute atomic E-state index is 0.0232. The maximum absolute atomic E-state index is 12.2. The molecule has 2 aromatic carbocycles. The van der Waals surface area contributed by atoms with Gasteiger partial charge in [-0.15, -0.1) is 0 Å². The van der Waals surface area contributed by atoms with Crippen LogP contribution in [0.15, 0.2) is 57.0 Å². The summed E-state index contributed by atoms with van der Waals surface area (Å²) in [5.74, 6) is -1.50.